The van der Waals surface area contributed by atoms with Gasteiger partial charge in [0.1, 0.15) is 0 Å². The van der Waals surface area contributed by atoms with E-state index < -0.39 is 61.6 Å². The summed E-state index contributed by atoms with van der Waals surface area (Å²) in [5.74, 6) is -4.47. The Kier molecular flexibility index (Phi) is 9.22. The van der Waals surface area contributed by atoms with Crippen molar-refractivity contribution in [1.82, 2.24) is 9.80 Å². The fourth-order valence-electron chi connectivity index (χ4n) is 1.92. The number of nitrogens with zero attached hydrogens (tertiary/aromatic N) is 2. The van der Waals surface area contributed by atoms with E-state index in [0.29, 0.717) is 0 Å². The molecular formula is C13H22N6O6. The molecule has 8 N–H and O–H groups in total. The molecule has 0 bridgehead atoms. The summed E-state index contributed by atoms with van der Waals surface area (Å²) in [7, 11) is 0. The van der Waals surface area contributed by atoms with Crippen molar-refractivity contribution in [1.29, 1.82) is 0 Å². The molecule has 0 aliphatic rings. The lowest BCUT2D eigenvalue weighted by molar-refractivity contribution is -0.139. The zero-order valence-electron chi connectivity index (χ0n) is 13.6. The Morgan fingerprint density at radius 3 is 0.960 bits per heavy atom. The van der Waals surface area contributed by atoms with Crippen LogP contribution in [0, 0.1) is 0 Å². The Hall–Kier alpha value is -3.18. The molecule has 0 fully saturated rings. The first kappa shape index (κ1) is 21.8. The highest BCUT2D eigenvalue weighted by Gasteiger charge is 2.20. The second kappa shape index (κ2) is 10.6. The summed E-state index contributed by atoms with van der Waals surface area (Å²) >= 11 is 0. The molecule has 12 heteroatoms. The Morgan fingerprint density at radius 1 is 0.520 bits per heavy atom. The molecule has 0 aromatic rings. The number of primary amides is 4. The first-order chi connectivity index (χ1) is 11.5. The molecule has 0 rings (SSSR count). The zero-order chi connectivity index (χ0) is 19.6. The van der Waals surface area contributed by atoms with Crippen molar-refractivity contribution in [3.63, 3.8) is 0 Å². The van der Waals surface area contributed by atoms with E-state index >= 15 is 0 Å². The van der Waals surface area contributed by atoms with Gasteiger partial charge in [-0.2, -0.15) is 0 Å². The standard InChI is InChI=1S/C13H22N6O6/c14-8(20)4-18(5-9(15)21)12(24)2-1-3-13(25)19(6-10(16)22)7-11(17)23/h1-7H2,(H2,14,20)(H2,15,21)(H2,16,22)(H2,17,23). The molecule has 0 aromatic heterocycles. The van der Waals surface area contributed by atoms with E-state index in [9.17, 15) is 28.8 Å². The normalized spacial score (nSPS) is 9.92. The summed E-state index contributed by atoms with van der Waals surface area (Å²) in [5, 5.41) is 0. The zero-order valence-corrected chi connectivity index (χ0v) is 13.6. The number of nitrogens with two attached hydrogens (primary N) is 4. The highest BCUT2D eigenvalue weighted by Crippen LogP contribution is 2.04. The SMILES string of the molecule is NC(=O)CN(CC(N)=O)C(=O)CCCC(=O)N(CC(N)=O)CC(N)=O. The molecule has 0 spiro atoms. The number of carbonyl (C=O) groups is 6. The molecule has 0 aliphatic heterocycles. The third kappa shape index (κ3) is 10.3. The fourth-order valence-corrected chi connectivity index (χ4v) is 1.92. The van der Waals surface area contributed by atoms with E-state index in [4.69, 9.17) is 22.9 Å². The summed E-state index contributed by atoms with van der Waals surface area (Å²) in [4.78, 5) is 69.3. The van der Waals surface area contributed by atoms with Gasteiger partial charge in [0.2, 0.25) is 35.4 Å². The molecule has 6 amide bonds. The summed E-state index contributed by atoms with van der Waals surface area (Å²) in [6.45, 7) is -1.92. The third-order valence-electron chi connectivity index (χ3n) is 2.87. The lowest BCUT2D eigenvalue weighted by Crippen LogP contribution is -2.44. The van der Waals surface area contributed by atoms with Gasteiger partial charge in [-0.1, -0.05) is 0 Å². The maximum Gasteiger partial charge on any atom is 0.237 e. The van der Waals surface area contributed by atoms with E-state index in [1.54, 1.807) is 0 Å². The Bertz CT molecular complexity index is 483. The predicted molar refractivity (Wildman–Crippen MR) is 83.8 cm³/mol. The summed E-state index contributed by atoms with van der Waals surface area (Å²) < 4.78 is 0. The van der Waals surface area contributed by atoms with Crippen molar-refractivity contribution in [2.45, 2.75) is 19.3 Å². The van der Waals surface area contributed by atoms with Crippen molar-refractivity contribution in [2.75, 3.05) is 26.2 Å². The molecule has 0 saturated heterocycles. The van der Waals surface area contributed by atoms with Crippen LogP contribution in [0.5, 0.6) is 0 Å². The fraction of sp³-hybridized carbons (Fsp3) is 0.538. The van der Waals surface area contributed by atoms with Crippen LogP contribution < -0.4 is 22.9 Å². The maximum atomic E-state index is 12.0. The van der Waals surface area contributed by atoms with Gasteiger partial charge in [0.05, 0.1) is 26.2 Å². The largest absolute Gasteiger partial charge is 0.368 e. The Morgan fingerprint density at radius 2 is 0.760 bits per heavy atom. The molecule has 0 atom stereocenters. The smallest absolute Gasteiger partial charge is 0.237 e. The summed E-state index contributed by atoms with van der Waals surface area (Å²) in [6.07, 6.45) is -0.305. The van der Waals surface area contributed by atoms with Crippen molar-refractivity contribution in [3.05, 3.63) is 0 Å². The summed E-state index contributed by atoms with van der Waals surface area (Å²) in [6, 6.07) is 0. The monoisotopic (exact) mass is 358 g/mol. The molecular weight excluding hydrogens is 336 g/mol. The van der Waals surface area contributed by atoms with Crippen molar-refractivity contribution < 1.29 is 28.8 Å². The minimum Gasteiger partial charge on any atom is -0.368 e. The lowest BCUT2D eigenvalue weighted by Gasteiger charge is -2.21. The Labute approximate surface area is 143 Å². The number of hydrogen-bond donors (Lipinski definition) is 4. The molecule has 25 heavy (non-hydrogen) atoms. The van der Waals surface area contributed by atoms with Gasteiger partial charge in [0, 0.05) is 12.8 Å². The average Bonchev–Trinajstić information content (AvgIpc) is 2.43. The van der Waals surface area contributed by atoms with Crippen LogP contribution >= 0.6 is 0 Å². The molecule has 0 saturated carbocycles. The second-order valence-electron chi connectivity index (χ2n) is 5.22. The highest BCUT2D eigenvalue weighted by atomic mass is 16.2. The van der Waals surface area contributed by atoms with Gasteiger partial charge in [0.25, 0.3) is 0 Å². The molecule has 0 aromatic carbocycles. The van der Waals surface area contributed by atoms with Crippen LogP contribution in [0.3, 0.4) is 0 Å². The van der Waals surface area contributed by atoms with Crippen LogP contribution in [0.4, 0.5) is 0 Å². The first-order valence-electron chi connectivity index (χ1n) is 7.21. The van der Waals surface area contributed by atoms with E-state index in [-0.39, 0.29) is 19.3 Å². The van der Waals surface area contributed by atoms with Crippen LogP contribution in [0.2, 0.25) is 0 Å². The van der Waals surface area contributed by atoms with Gasteiger partial charge in [-0.3, -0.25) is 28.8 Å². The maximum absolute atomic E-state index is 12.0. The van der Waals surface area contributed by atoms with Gasteiger partial charge < -0.3 is 32.7 Å². The van der Waals surface area contributed by atoms with Crippen LogP contribution in [0.15, 0.2) is 0 Å². The van der Waals surface area contributed by atoms with Crippen LogP contribution in [-0.2, 0) is 28.8 Å². The molecule has 0 unspecified atom stereocenters. The van der Waals surface area contributed by atoms with Crippen LogP contribution in [0.1, 0.15) is 19.3 Å². The third-order valence-corrected chi connectivity index (χ3v) is 2.87. The van der Waals surface area contributed by atoms with E-state index in [1.807, 2.05) is 0 Å². The molecule has 0 aliphatic carbocycles. The number of amides is 6. The Balaban J connectivity index is 4.61. The van der Waals surface area contributed by atoms with Gasteiger partial charge in [-0.15, -0.1) is 0 Å². The van der Waals surface area contributed by atoms with E-state index in [1.165, 1.54) is 0 Å². The lowest BCUT2D eigenvalue weighted by atomic mass is 10.2. The van der Waals surface area contributed by atoms with Crippen molar-refractivity contribution in [2.24, 2.45) is 22.9 Å². The van der Waals surface area contributed by atoms with Gasteiger partial charge in [0.15, 0.2) is 0 Å². The molecule has 12 nitrogen and oxygen atoms in total. The molecule has 0 heterocycles. The second-order valence-corrected chi connectivity index (χ2v) is 5.22. The van der Waals surface area contributed by atoms with Crippen LogP contribution in [-0.4, -0.2) is 71.4 Å². The average molecular weight is 358 g/mol. The number of rotatable bonds is 12. The van der Waals surface area contributed by atoms with Gasteiger partial charge >= 0.3 is 0 Å². The minimum absolute atomic E-state index is 0.0414. The van der Waals surface area contributed by atoms with Gasteiger partial charge in [-0.05, 0) is 6.42 Å². The predicted octanol–water partition coefficient (Wildman–Crippen LogP) is -4.24. The van der Waals surface area contributed by atoms with Crippen molar-refractivity contribution in [3.8, 4) is 0 Å². The minimum atomic E-state index is -0.820. The first-order valence-corrected chi connectivity index (χ1v) is 7.21. The van der Waals surface area contributed by atoms with E-state index in [0.717, 1.165) is 9.80 Å². The number of carbonyl (C=O) groups excluding carboxylic acids is 6. The van der Waals surface area contributed by atoms with Crippen molar-refractivity contribution >= 4 is 35.4 Å². The van der Waals surface area contributed by atoms with E-state index in [2.05, 4.69) is 0 Å². The quantitative estimate of drug-likeness (QED) is 0.271. The topological polar surface area (TPSA) is 213 Å². The van der Waals surface area contributed by atoms with Gasteiger partial charge in [-0.25, -0.2) is 0 Å². The summed E-state index contributed by atoms with van der Waals surface area (Å²) in [5.41, 5.74) is 19.9. The molecule has 0 radical (unpaired) electrons. The molecule has 140 valence electrons. The highest BCUT2D eigenvalue weighted by molar-refractivity contribution is 5.89. The van der Waals surface area contributed by atoms with Crippen LogP contribution in [0.25, 0.3) is 0 Å². The number of hydrogen-bond acceptors (Lipinski definition) is 6.